The van der Waals surface area contributed by atoms with E-state index in [0.717, 1.165) is 13.1 Å². The zero-order valence-electron chi connectivity index (χ0n) is 19.9. The Kier molecular flexibility index (Phi) is 9.15. The number of quaternary nitrogens is 1. The van der Waals surface area contributed by atoms with Gasteiger partial charge in [0.15, 0.2) is 5.37 Å². The summed E-state index contributed by atoms with van der Waals surface area (Å²) in [6, 6.07) is 9.54. The third-order valence-corrected chi connectivity index (χ3v) is 11.7. The van der Waals surface area contributed by atoms with Gasteiger partial charge in [0.05, 0.1) is 22.2 Å². The van der Waals surface area contributed by atoms with Crippen molar-refractivity contribution in [3.05, 3.63) is 47.5 Å². The summed E-state index contributed by atoms with van der Waals surface area (Å²) in [4.78, 5) is 12.3. The first-order chi connectivity index (χ1) is 16.1. The molecule has 0 spiro atoms. The summed E-state index contributed by atoms with van der Waals surface area (Å²) < 4.78 is 0. The molecule has 0 fully saturated rings. The highest BCUT2D eigenvalue weighted by Gasteiger charge is 2.34. The molecular formula is C25H31N2S6+. The summed E-state index contributed by atoms with van der Waals surface area (Å²) in [5.74, 6) is 0. The largest absolute Gasteiger partial charge is 0.335 e. The van der Waals surface area contributed by atoms with Gasteiger partial charge >= 0.3 is 0 Å². The Bertz CT molecular complexity index is 1080. The first-order valence-corrected chi connectivity index (χ1v) is 17.6. The van der Waals surface area contributed by atoms with Gasteiger partial charge in [0.1, 0.15) is 5.69 Å². The fourth-order valence-electron chi connectivity index (χ4n) is 4.23. The van der Waals surface area contributed by atoms with Crippen LogP contribution in [0.5, 0.6) is 0 Å². The highest BCUT2D eigenvalue weighted by molar-refractivity contribution is 8.04. The first kappa shape index (κ1) is 25.9. The molecule has 176 valence electrons. The zero-order chi connectivity index (χ0) is 23.5. The average molecular weight is 552 g/mol. The Balaban J connectivity index is 1.57. The molecular weight excluding hydrogens is 521 g/mol. The minimum atomic E-state index is 0.420. The molecule has 0 amide bonds. The summed E-state index contributed by atoms with van der Waals surface area (Å²) in [6.07, 6.45) is 15.7. The van der Waals surface area contributed by atoms with E-state index in [2.05, 4.69) is 86.3 Å². The Labute approximate surface area is 224 Å². The van der Waals surface area contributed by atoms with Gasteiger partial charge in [0, 0.05) is 37.1 Å². The molecule has 2 unspecified atom stereocenters. The highest BCUT2D eigenvalue weighted by atomic mass is 32.2. The van der Waals surface area contributed by atoms with Crippen LogP contribution in [0, 0.1) is 0 Å². The lowest BCUT2D eigenvalue weighted by atomic mass is 10.2. The van der Waals surface area contributed by atoms with Crippen molar-refractivity contribution in [3.63, 3.8) is 0 Å². The monoisotopic (exact) mass is 551 g/mol. The Morgan fingerprint density at radius 1 is 0.879 bits per heavy atom. The lowest BCUT2D eigenvalue weighted by Gasteiger charge is -2.19. The van der Waals surface area contributed by atoms with Gasteiger partial charge in [-0.15, -0.1) is 47.0 Å². The van der Waals surface area contributed by atoms with Gasteiger partial charge in [-0.05, 0) is 69.2 Å². The van der Waals surface area contributed by atoms with Crippen molar-refractivity contribution in [2.75, 3.05) is 43.0 Å². The van der Waals surface area contributed by atoms with Crippen LogP contribution in [0.4, 0.5) is 11.4 Å². The molecule has 2 heterocycles. The fourth-order valence-corrected chi connectivity index (χ4v) is 9.90. The van der Waals surface area contributed by atoms with E-state index < -0.39 is 0 Å². The average Bonchev–Trinajstić information content (AvgIpc) is 3.37. The highest BCUT2D eigenvalue weighted by Crippen LogP contribution is 2.49. The van der Waals surface area contributed by atoms with Crippen molar-refractivity contribution in [1.82, 2.24) is 0 Å². The van der Waals surface area contributed by atoms with Crippen molar-refractivity contribution < 1.29 is 4.90 Å². The molecule has 0 saturated heterocycles. The van der Waals surface area contributed by atoms with Crippen molar-refractivity contribution in [1.29, 1.82) is 0 Å². The number of nitrogens with one attached hydrogen (secondary N) is 1. The lowest BCUT2D eigenvalue weighted by Crippen LogP contribution is -3.08. The molecule has 0 aromatic heterocycles. The first-order valence-electron chi connectivity index (χ1n) is 11.0. The van der Waals surface area contributed by atoms with E-state index in [9.17, 15) is 0 Å². The van der Waals surface area contributed by atoms with Crippen LogP contribution in [0.2, 0.25) is 0 Å². The number of likely N-dealkylation sites (N-methyl/N-ethyl adjacent to an activating group) is 1. The molecule has 4 rings (SSSR count). The molecule has 2 atom stereocenters. The van der Waals surface area contributed by atoms with Gasteiger partial charge in [-0.25, -0.2) is 0 Å². The third kappa shape index (κ3) is 5.18. The topological polar surface area (TPSA) is 7.68 Å². The number of hydrogen-bond donors (Lipinski definition) is 1. The maximum atomic E-state index is 2.45. The number of hydrogen-bond acceptors (Lipinski definition) is 7. The maximum Gasteiger partial charge on any atom is 0.163 e. The molecule has 33 heavy (non-hydrogen) atoms. The Hall–Kier alpha value is -0.220. The van der Waals surface area contributed by atoms with Crippen molar-refractivity contribution in [3.8, 4) is 0 Å². The number of thioether (sulfide) groups is 6. The Morgan fingerprint density at radius 3 is 2.09 bits per heavy atom. The van der Waals surface area contributed by atoms with E-state index in [4.69, 9.17) is 0 Å². The molecule has 1 N–H and O–H groups in total. The van der Waals surface area contributed by atoms with Crippen molar-refractivity contribution in [2.45, 2.75) is 48.6 Å². The standard InChI is InChI=1S/C25H30N2S6/c1-7-26-16-12-20(28-3)22(30-5)14-18(16)32-24(26)10-9-11-25-27(8-2)17-13-21(29-4)23(31-6)15-19(17)33-25/h9-15,24H,7-8H2,1-6H3/p+1. The number of fused-ring (bicyclic) bond motifs is 2. The van der Waals surface area contributed by atoms with E-state index in [1.165, 1.54) is 45.8 Å². The van der Waals surface area contributed by atoms with E-state index in [1.807, 2.05) is 70.6 Å². The summed E-state index contributed by atoms with van der Waals surface area (Å²) in [6.45, 7) is 6.61. The summed E-state index contributed by atoms with van der Waals surface area (Å²) in [5.41, 5.74) is 2.81. The quantitative estimate of drug-likeness (QED) is 0.334. The molecule has 0 radical (unpaired) electrons. The van der Waals surface area contributed by atoms with Crippen LogP contribution < -0.4 is 9.80 Å². The molecule has 2 aliphatic rings. The van der Waals surface area contributed by atoms with E-state index in [-0.39, 0.29) is 0 Å². The van der Waals surface area contributed by atoms with Crippen LogP contribution in [-0.4, -0.2) is 43.5 Å². The van der Waals surface area contributed by atoms with Crippen LogP contribution in [0.15, 0.2) is 76.9 Å². The zero-order valence-corrected chi connectivity index (χ0v) is 24.8. The van der Waals surface area contributed by atoms with Gasteiger partial charge in [-0.1, -0.05) is 29.6 Å². The van der Waals surface area contributed by atoms with Gasteiger partial charge in [0.25, 0.3) is 0 Å². The number of rotatable bonds is 8. The van der Waals surface area contributed by atoms with Crippen LogP contribution in [-0.2, 0) is 0 Å². The second-order valence-electron chi connectivity index (χ2n) is 7.53. The second-order valence-corrected chi connectivity index (χ2v) is 13.2. The lowest BCUT2D eigenvalue weighted by molar-refractivity contribution is -0.833. The van der Waals surface area contributed by atoms with Crippen molar-refractivity contribution >= 4 is 81.9 Å². The van der Waals surface area contributed by atoms with E-state index >= 15 is 0 Å². The molecule has 8 heteroatoms. The van der Waals surface area contributed by atoms with Gasteiger partial charge in [-0.3, -0.25) is 4.90 Å². The molecule has 0 saturated carbocycles. The fraction of sp³-hybridized carbons (Fsp3) is 0.360. The third-order valence-electron chi connectivity index (χ3n) is 5.89. The van der Waals surface area contributed by atoms with Crippen LogP contribution >= 0.6 is 70.6 Å². The molecule has 0 bridgehead atoms. The molecule has 2 nitrogen and oxygen atoms in total. The SMILES string of the molecule is CCN1C(=CC=CC2Sc3cc(SC)c(SC)cc3[NH+]2CC)Sc2cc(SC)c(SC)cc21. The summed E-state index contributed by atoms with van der Waals surface area (Å²) in [7, 11) is 0. The molecule has 2 aromatic carbocycles. The second kappa shape index (κ2) is 11.7. The normalized spacial score (nSPS) is 20.8. The number of nitrogens with zero attached hydrogens (tertiary/aromatic N) is 1. The predicted octanol–water partition coefficient (Wildman–Crippen LogP) is 7.57. The molecule has 2 aromatic rings. The van der Waals surface area contributed by atoms with Crippen LogP contribution in [0.1, 0.15) is 13.8 Å². The number of anilines is 1. The van der Waals surface area contributed by atoms with Gasteiger partial charge < -0.3 is 4.90 Å². The number of benzene rings is 2. The smallest absolute Gasteiger partial charge is 0.163 e. The molecule has 2 aliphatic heterocycles. The number of allylic oxidation sites excluding steroid dienone is 2. The predicted molar refractivity (Wildman–Crippen MR) is 157 cm³/mol. The summed E-state index contributed by atoms with van der Waals surface area (Å²) in [5, 5.41) is 1.74. The van der Waals surface area contributed by atoms with Crippen LogP contribution in [0.25, 0.3) is 0 Å². The minimum Gasteiger partial charge on any atom is -0.335 e. The van der Waals surface area contributed by atoms with Gasteiger partial charge in [-0.2, -0.15) is 0 Å². The molecule has 0 aliphatic carbocycles. The van der Waals surface area contributed by atoms with E-state index in [1.54, 1.807) is 4.90 Å². The van der Waals surface area contributed by atoms with E-state index in [0.29, 0.717) is 5.37 Å². The maximum absolute atomic E-state index is 2.45. The summed E-state index contributed by atoms with van der Waals surface area (Å²) >= 11 is 11.3. The minimum absolute atomic E-state index is 0.420. The van der Waals surface area contributed by atoms with Crippen molar-refractivity contribution in [2.24, 2.45) is 0 Å². The van der Waals surface area contributed by atoms with Crippen LogP contribution in [0.3, 0.4) is 0 Å². The Morgan fingerprint density at radius 2 is 1.48 bits per heavy atom. The van der Waals surface area contributed by atoms with Gasteiger partial charge in [0.2, 0.25) is 0 Å².